The summed E-state index contributed by atoms with van der Waals surface area (Å²) in [6.07, 6.45) is 4.55. The van der Waals surface area contributed by atoms with Crippen molar-refractivity contribution >= 4 is 8.56 Å². The van der Waals surface area contributed by atoms with Gasteiger partial charge < -0.3 is 8.85 Å². The third-order valence-corrected chi connectivity index (χ3v) is 6.38. The molecule has 0 rings (SSSR count). The van der Waals surface area contributed by atoms with Crippen molar-refractivity contribution in [2.75, 3.05) is 13.2 Å². The Labute approximate surface area is 96.6 Å². The highest BCUT2D eigenvalue weighted by molar-refractivity contribution is 6.67. The molecule has 0 spiro atoms. The fraction of sp³-hybridized carbons (Fsp3) is 1.00. The first kappa shape index (κ1) is 15.1. The molecule has 0 saturated heterocycles. The lowest BCUT2D eigenvalue weighted by Gasteiger charge is -2.30. The van der Waals surface area contributed by atoms with E-state index in [1.807, 2.05) is 0 Å². The van der Waals surface area contributed by atoms with Gasteiger partial charge in [-0.1, -0.05) is 40.5 Å². The first-order chi connectivity index (χ1) is 7.24. The molecular weight excluding hydrogens is 204 g/mol. The van der Waals surface area contributed by atoms with Crippen molar-refractivity contribution in [3.63, 3.8) is 0 Å². The molecule has 0 N–H and O–H groups in total. The summed E-state index contributed by atoms with van der Waals surface area (Å²) in [5, 5.41) is 0. The average molecular weight is 232 g/mol. The smallest absolute Gasteiger partial charge is 0.338 e. The van der Waals surface area contributed by atoms with E-state index >= 15 is 0 Å². The summed E-state index contributed by atoms with van der Waals surface area (Å²) < 4.78 is 12.2. The largest absolute Gasteiger partial charge is 0.394 e. The lowest BCUT2D eigenvalue weighted by Crippen LogP contribution is -2.42. The molecule has 0 aromatic heterocycles. The molecule has 0 atom stereocenters. The summed E-state index contributed by atoms with van der Waals surface area (Å²) in [7, 11) is -1.84. The predicted octanol–water partition coefficient (Wildman–Crippen LogP) is 4.10. The second-order valence-corrected chi connectivity index (χ2v) is 7.51. The van der Waals surface area contributed by atoms with Gasteiger partial charge in [-0.2, -0.15) is 0 Å². The lowest BCUT2D eigenvalue weighted by atomic mass is 10.5. The van der Waals surface area contributed by atoms with Gasteiger partial charge >= 0.3 is 8.56 Å². The molecule has 0 heterocycles. The van der Waals surface area contributed by atoms with Gasteiger partial charge in [0.1, 0.15) is 0 Å². The predicted molar refractivity (Wildman–Crippen MR) is 68.4 cm³/mol. The molecule has 92 valence electrons. The fourth-order valence-electron chi connectivity index (χ4n) is 1.79. The second-order valence-electron chi connectivity index (χ2n) is 4.11. The molecule has 0 amide bonds. The Hall–Kier alpha value is 0.137. The van der Waals surface area contributed by atoms with Gasteiger partial charge in [-0.3, -0.25) is 0 Å². The molecule has 0 aromatic carbocycles. The standard InChI is InChI=1S/C12H28O2Si/c1-5-9-13-15(11-7-3,12-8-4)14-10-6-2/h5-12H2,1-4H3. The van der Waals surface area contributed by atoms with Gasteiger partial charge in [0.2, 0.25) is 0 Å². The average Bonchev–Trinajstić information content (AvgIpc) is 2.24. The van der Waals surface area contributed by atoms with Gasteiger partial charge in [-0.25, -0.2) is 0 Å². The SMILES string of the molecule is CCCO[Si](CCC)(CCC)OCCC. The molecule has 0 fully saturated rings. The summed E-state index contributed by atoms with van der Waals surface area (Å²) in [6.45, 7) is 10.5. The van der Waals surface area contributed by atoms with Crippen molar-refractivity contribution in [3.05, 3.63) is 0 Å². The Kier molecular flexibility index (Phi) is 9.45. The summed E-state index contributed by atoms with van der Waals surface area (Å²) >= 11 is 0. The van der Waals surface area contributed by atoms with Gasteiger partial charge in [0.15, 0.2) is 0 Å². The maximum absolute atomic E-state index is 6.08. The molecule has 2 nitrogen and oxygen atoms in total. The van der Waals surface area contributed by atoms with E-state index < -0.39 is 8.56 Å². The van der Waals surface area contributed by atoms with Gasteiger partial charge in [0, 0.05) is 13.2 Å². The van der Waals surface area contributed by atoms with E-state index in [1.165, 1.54) is 12.8 Å². The van der Waals surface area contributed by atoms with Crippen LogP contribution in [0.4, 0.5) is 0 Å². The maximum Gasteiger partial charge on any atom is 0.338 e. The van der Waals surface area contributed by atoms with Crippen LogP contribution in [0.25, 0.3) is 0 Å². The van der Waals surface area contributed by atoms with Crippen LogP contribution in [0.5, 0.6) is 0 Å². The highest BCUT2D eigenvalue weighted by atomic mass is 28.4. The third kappa shape index (κ3) is 6.33. The zero-order valence-corrected chi connectivity index (χ0v) is 12.0. The molecule has 0 aliphatic carbocycles. The molecule has 3 heteroatoms. The summed E-state index contributed by atoms with van der Waals surface area (Å²) in [6, 6.07) is 2.31. The van der Waals surface area contributed by atoms with Crippen LogP contribution in [0.1, 0.15) is 53.4 Å². The van der Waals surface area contributed by atoms with Gasteiger partial charge in [0.05, 0.1) is 0 Å². The van der Waals surface area contributed by atoms with Crippen molar-refractivity contribution in [1.82, 2.24) is 0 Å². The molecule has 0 aliphatic rings. The normalized spacial score (nSPS) is 12.0. The van der Waals surface area contributed by atoms with E-state index in [2.05, 4.69) is 27.7 Å². The minimum Gasteiger partial charge on any atom is -0.394 e. The van der Waals surface area contributed by atoms with E-state index in [0.29, 0.717) is 0 Å². The van der Waals surface area contributed by atoms with Crippen LogP contribution >= 0.6 is 0 Å². The Morgan fingerprint density at radius 3 is 1.33 bits per heavy atom. The van der Waals surface area contributed by atoms with Crippen LogP contribution in [0, 0.1) is 0 Å². The second kappa shape index (κ2) is 9.37. The Bertz CT molecular complexity index is 124. The van der Waals surface area contributed by atoms with Gasteiger partial charge in [-0.05, 0) is 24.9 Å². The van der Waals surface area contributed by atoms with E-state index in [0.717, 1.165) is 38.1 Å². The Balaban J connectivity index is 4.26. The molecule has 0 unspecified atom stereocenters. The summed E-state index contributed by atoms with van der Waals surface area (Å²) in [4.78, 5) is 0. The molecule has 0 aliphatic heterocycles. The molecule has 0 aromatic rings. The number of rotatable bonds is 10. The molecule has 0 radical (unpaired) electrons. The summed E-state index contributed by atoms with van der Waals surface area (Å²) in [5.41, 5.74) is 0. The van der Waals surface area contributed by atoms with E-state index in [-0.39, 0.29) is 0 Å². The minimum atomic E-state index is -1.84. The maximum atomic E-state index is 6.08. The van der Waals surface area contributed by atoms with Crippen molar-refractivity contribution in [2.45, 2.75) is 65.5 Å². The van der Waals surface area contributed by atoms with Crippen LogP contribution in [0.15, 0.2) is 0 Å². The van der Waals surface area contributed by atoms with Crippen molar-refractivity contribution in [2.24, 2.45) is 0 Å². The number of hydrogen-bond donors (Lipinski definition) is 0. The highest BCUT2D eigenvalue weighted by Crippen LogP contribution is 2.23. The monoisotopic (exact) mass is 232 g/mol. The summed E-state index contributed by atoms with van der Waals surface area (Å²) in [5.74, 6) is 0. The van der Waals surface area contributed by atoms with Crippen LogP contribution in [-0.2, 0) is 8.85 Å². The topological polar surface area (TPSA) is 18.5 Å². The first-order valence-electron chi connectivity index (χ1n) is 6.52. The zero-order chi connectivity index (χ0) is 11.6. The lowest BCUT2D eigenvalue weighted by molar-refractivity contribution is 0.166. The Morgan fingerprint density at radius 2 is 1.07 bits per heavy atom. The van der Waals surface area contributed by atoms with Crippen molar-refractivity contribution < 1.29 is 8.85 Å². The quantitative estimate of drug-likeness (QED) is 0.528. The van der Waals surface area contributed by atoms with E-state index in [1.54, 1.807) is 0 Å². The number of hydrogen-bond acceptors (Lipinski definition) is 2. The van der Waals surface area contributed by atoms with E-state index in [4.69, 9.17) is 8.85 Å². The zero-order valence-electron chi connectivity index (χ0n) is 11.0. The molecular formula is C12H28O2Si. The van der Waals surface area contributed by atoms with Gasteiger partial charge in [-0.15, -0.1) is 0 Å². The van der Waals surface area contributed by atoms with Crippen LogP contribution in [0.2, 0.25) is 12.1 Å². The van der Waals surface area contributed by atoms with Crippen LogP contribution in [-0.4, -0.2) is 21.8 Å². The van der Waals surface area contributed by atoms with Crippen molar-refractivity contribution in [3.8, 4) is 0 Å². The minimum absolute atomic E-state index is 0.871. The van der Waals surface area contributed by atoms with Crippen LogP contribution < -0.4 is 0 Å². The van der Waals surface area contributed by atoms with Crippen molar-refractivity contribution in [1.29, 1.82) is 0 Å². The highest BCUT2D eigenvalue weighted by Gasteiger charge is 2.35. The molecule has 0 bridgehead atoms. The third-order valence-electron chi connectivity index (χ3n) is 2.40. The molecule has 0 saturated carbocycles. The van der Waals surface area contributed by atoms with Gasteiger partial charge in [0.25, 0.3) is 0 Å². The first-order valence-corrected chi connectivity index (χ1v) is 8.75. The van der Waals surface area contributed by atoms with Crippen LogP contribution in [0.3, 0.4) is 0 Å². The molecule has 15 heavy (non-hydrogen) atoms. The Morgan fingerprint density at radius 1 is 0.667 bits per heavy atom. The van der Waals surface area contributed by atoms with E-state index in [9.17, 15) is 0 Å². The fourth-order valence-corrected chi connectivity index (χ4v) is 5.38.